The molecule has 0 aliphatic heterocycles. The standard InChI is InChI=1S/C10H10F2O2/c1-6(13)7-4-3-5-8(9(7)14)10(2,11)12/h3-5,14H,1-2H3. The topological polar surface area (TPSA) is 37.3 Å². The van der Waals surface area contributed by atoms with E-state index in [2.05, 4.69) is 0 Å². The maximum atomic E-state index is 12.9. The summed E-state index contributed by atoms with van der Waals surface area (Å²) in [5.74, 6) is -4.21. The summed E-state index contributed by atoms with van der Waals surface area (Å²) in [6, 6.07) is 3.73. The van der Waals surface area contributed by atoms with Gasteiger partial charge in [0.1, 0.15) is 5.75 Å². The highest BCUT2D eigenvalue weighted by Crippen LogP contribution is 2.35. The molecule has 0 radical (unpaired) electrons. The van der Waals surface area contributed by atoms with Crippen LogP contribution < -0.4 is 0 Å². The van der Waals surface area contributed by atoms with E-state index in [1.54, 1.807) is 0 Å². The third-order valence-corrected chi connectivity index (χ3v) is 1.89. The van der Waals surface area contributed by atoms with Crippen molar-refractivity contribution in [2.24, 2.45) is 0 Å². The molecule has 0 saturated heterocycles. The molecule has 0 spiro atoms. The van der Waals surface area contributed by atoms with E-state index in [-0.39, 0.29) is 5.56 Å². The molecule has 0 bridgehead atoms. The predicted octanol–water partition coefficient (Wildman–Crippen LogP) is 2.71. The molecule has 4 heteroatoms. The quantitative estimate of drug-likeness (QED) is 0.745. The van der Waals surface area contributed by atoms with Crippen molar-refractivity contribution in [1.82, 2.24) is 0 Å². The van der Waals surface area contributed by atoms with Gasteiger partial charge in [0.15, 0.2) is 5.78 Å². The van der Waals surface area contributed by atoms with Crippen LogP contribution in [0.5, 0.6) is 5.75 Å². The number of hydrogen-bond acceptors (Lipinski definition) is 2. The average Bonchev–Trinajstić information content (AvgIpc) is 2.01. The fourth-order valence-corrected chi connectivity index (χ4v) is 1.18. The molecule has 0 aliphatic rings. The number of benzene rings is 1. The van der Waals surface area contributed by atoms with E-state index in [0.29, 0.717) is 6.92 Å². The van der Waals surface area contributed by atoms with Crippen molar-refractivity contribution in [3.63, 3.8) is 0 Å². The average molecular weight is 200 g/mol. The zero-order valence-electron chi connectivity index (χ0n) is 7.84. The van der Waals surface area contributed by atoms with Crippen LogP contribution in [-0.4, -0.2) is 10.9 Å². The van der Waals surface area contributed by atoms with E-state index in [1.165, 1.54) is 19.1 Å². The Kier molecular flexibility index (Phi) is 2.55. The highest BCUT2D eigenvalue weighted by molar-refractivity contribution is 5.97. The van der Waals surface area contributed by atoms with Crippen LogP contribution in [-0.2, 0) is 5.92 Å². The summed E-state index contributed by atoms with van der Waals surface area (Å²) in [5.41, 5.74) is -0.603. The summed E-state index contributed by atoms with van der Waals surface area (Å²) in [6.45, 7) is 1.89. The van der Waals surface area contributed by atoms with Crippen molar-refractivity contribution in [2.45, 2.75) is 19.8 Å². The fourth-order valence-electron chi connectivity index (χ4n) is 1.18. The van der Waals surface area contributed by atoms with Gasteiger partial charge in [0.25, 0.3) is 5.92 Å². The fraction of sp³-hybridized carbons (Fsp3) is 0.300. The summed E-state index contributed by atoms with van der Waals surface area (Å²) >= 11 is 0. The second kappa shape index (κ2) is 3.36. The van der Waals surface area contributed by atoms with Gasteiger partial charge in [-0.3, -0.25) is 4.79 Å². The van der Waals surface area contributed by atoms with Gasteiger partial charge >= 0.3 is 0 Å². The van der Waals surface area contributed by atoms with Gasteiger partial charge < -0.3 is 5.11 Å². The predicted molar refractivity (Wildman–Crippen MR) is 47.7 cm³/mol. The molecule has 76 valence electrons. The molecule has 1 aromatic carbocycles. The number of hydrogen-bond donors (Lipinski definition) is 1. The van der Waals surface area contributed by atoms with Crippen LogP contribution >= 0.6 is 0 Å². The lowest BCUT2D eigenvalue weighted by atomic mass is 10.0. The molecule has 1 rings (SSSR count). The number of phenolic OH excluding ortho intramolecular Hbond substituents is 1. The largest absolute Gasteiger partial charge is 0.507 e. The molecule has 2 nitrogen and oxygen atoms in total. The smallest absolute Gasteiger partial charge is 0.274 e. The van der Waals surface area contributed by atoms with Crippen LogP contribution in [0.2, 0.25) is 0 Å². The van der Waals surface area contributed by atoms with Gasteiger partial charge in [-0.1, -0.05) is 6.07 Å². The van der Waals surface area contributed by atoms with Crippen LogP contribution in [0.1, 0.15) is 29.8 Å². The Bertz CT molecular complexity index is 367. The SMILES string of the molecule is CC(=O)c1cccc(C(C)(F)F)c1O. The monoisotopic (exact) mass is 200 g/mol. The summed E-state index contributed by atoms with van der Waals surface area (Å²) in [5, 5.41) is 9.39. The third-order valence-electron chi connectivity index (χ3n) is 1.89. The minimum atomic E-state index is -3.14. The number of aromatic hydroxyl groups is 1. The third kappa shape index (κ3) is 1.89. The molecular formula is C10H10F2O2. The lowest BCUT2D eigenvalue weighted by molar-refractivity contribution is 0.0151. The number of phenols is 1. The highest BCUT2D eigenvalue weighted by Gasteiger charge is 2.29. The molecule has 1 aromatic rings. The Morgan fingerprint density at radius 2 is 2.00 bits per heavy atom. The van der Waals surface area contributed by atoms with Crippen LogP contribution in [0.15, 0.2) is 18.2 Å². The van der Waals surface area contributed by atoms with Crippen molar-refractivity contribution in [3.8, 4) is 5.75 Å². The first-order valence-electron chi connectivity index (χ1n) is 4.05. The van der Waals surface area contributed by atoms with Crippen LogP contribution in [0.4, 0.5) is 8.78 Å². The number of alkyl halides is 2. The summed E-state index contributed by atoms with van der Waals surface area (Å²) in [6.07, 6.45) is 0. The van der Waals surface area contributed by atoms with Crippen LogP contribution in [0.3, 0.4) is 0 Å². The number of halogens is 2. The molecule has 0 aromatic heterocycles. The summed E-state index contributed by atoms with van der Waals surface area (Å²) in [4.78, 5) is 10.9. The number of para-hydroxylation sites is 1. The van der Waals surface area contributed by atoms with Gasteiger partial charge in [-0.15, -0.1) is 0 Å². The molecule has 0 saturated carbocycles. The van der Waals surface area contributed by atoms with E-state index in [0.717, 1.165) is 6.07 Å². The summed E-state index contributed by atoms with van der Waals surface area (Å²) in [7, 11) is 0. The molecule has 0 atom stereocenters. The Morgan fingerprint density at radius 3 is 2.43 bits per heavy atom. The molecular weight excluding hydrogens is 190 g/mol. The zero-order valence-corrected chi connectivity index (χ0v) is 7.84. The first-order chi connectivity index (χ1) is 6.34. The number of rotatable bonds is 2. The molecule has 14 heavy (non-hydrogen) atoms. The zero-order chi connectivity index (χ0) is 10.9. The van der Waals surface area contributed by atoms with Gasteiger partial charge in [-0.05, 0) is 19.1 Å². The Hall–Kier alpha value is -1.45. The Morgan fingerprint density at radius 1 is 1.43 bits per heavy atom. The van der Waals surface area contributed by atoms with Gasteiger partial charge in [0, 0.05) is 6.92 Å². The normalized spacial score (nSPS) is 11.4. The Labute approximate surface area is 80.2 Å². The van der Waals surface area contributed by atoms with Crippen molar-refractivity contribution in [3.05, 3.63) is 29.3 Å². The van der Waals surface area contributed by atoms with Gasteiger partial charge in [0.2, 0.25) is 0 Å². The van der Waals surface area contributed by atoms with Gasteiger partial charge in [-0.2, -0.15) is 0 Å². The van der Waals surface area contributed by atoms with Crippen molar-refractivity contribution < 1.29 is 18.7 Å². The number of ketones is 1. The van der Waals surface area contributed by atoms with Gasteiger partial charge in [-0.25, -0.2) is 8.78 Å². The van der Waals surface area contributed by atoms with Crippen LogP contribution in [0, 0.1) is 0 Å². The lowest BCUT2D eigenvalue weighted by Gasteiger charge is -2.13. The van der Waals surface area contributed by atoms with Crippen molar-refractivity contribution >= 4 is 5.78 Å². The first kappa shape index (κ1) is 10.6. The number of carbonyl (C=O) groups excluding carboxylic acids is 1. The number of Topliss-reactive ketones (excluding diaryl/α,β-unsaturated/α-hetero) is 1. The van der Waals surface area contributed by atoms with E-state index in [1.807, 2.05) is 0 Å². The van der Waals surface area contributed by atoms with Crippen LogP contribution in [0.25, 0.3) is 0 Å². The lowest BCUT2D eigenvalue weighted by Crippen LogP contribution is -2.09. The van der Waals surface area contributed by atoms with E-state index < -0.39 is 23.0 Å². The molecule has 0 amide bonds. The first-order valence-corrected chi connectivity index (χ1v) is 4.05. The molecule has 0 fully saturated rings. The van der Waals surface area contributed by atoms with E-state index in [9.17, 15) is 18.7 Å². The second-order valence-corrected chi connectivity index (χ2v) is 3.15. The van der Waals surface area contributed by atoms with Crippen molar-refractivity contribution in [2.75, 3.05) is 0 Å². The molecule has 0 unspecified atom stereocenters. The molecule has 1 N–H and O–H groups in total. The number of carbonyl (C=O) groups is 1. The van der Waals surface area contributed by atoms with Crippen molar-refractivity contribution in [1.29, 1.82) is 0 Å². The minimum absolute atomic E-state index is 0.0796. The van der Waals surface area contributed by atoms with E-state index >= 15 is 0 Å². The summed E-state index contributed by atoms with van der Waals surface area (Å²) < 4.78 is 25.8. The Balaban J connectivity index is 3.35. The van der Waals surface area contributed by atoms with E-state index in [4.69, 9.17) is 0 Å². The maximum absolute atomic E-state index is 12.9. The maximum Gasteiger partial charge on any atom is 0.274 e. The minimum Gasteiger partial charge on any atom is -0.507 e. The highest BCUT2D eigenvalue weighted by atomic mass is 19.3. The second-order valence-electron chi connectivity index (χ2n) is 3.15. The molecule has 0 aliphatic carbocycles. The molecule has 0 heterocycles. The van der Waals surface area contributed by atoms with Gasteiger partial charge in [0.05, 0.1) is 11.1 Å².